The lowest BCUT2D eigenvalue weighted by atomic mass is 10.7. The van der Waals surface area contributed by atoms with Crippen LogP contribution in [0, 0.1) is 6.92 Å². The Bertz CT molecular complexity index is 307. The van der Waals surface area contributed by atoms with Crippen molar-refractivity contribution in [1.29, 1.82) is 0 Å². The summed E-state index contributed by atoms with van der Waals surface area (Å²) in [5.41, 5.74) is 2.64. The summed E-state index contributed by atoms with van der Waals surface area (Å²) in [7, 11) is 0. The molecule has 0 aromatic carbocycles. The van der Waals surface area contributed by atoms with Gasteiger partial charge in [-0.05, 0) is 6.92 Å². The molecule has 58 valence electrons. The third kappa shape index (κ3) is 0.988. The van der Waals surface area contributed by atoms with Crippen LogP contribution in [-0.2, 0) is 4.79 Å². The van der Waals surface area contributed by atoms with Crippen LogP contribution in [0.2, 0.25) is 0 Å². The Labute approximate surface area is 67.2 Å². The first-order valence-corrected chi connectivity index (χ1v) is 4.10. The number of carbonyl (C=O) groups excluding carboxylic acids is 1. The van der Waals surface area contributed by atoms with Crippen molar-refractivity contribution < 1.29 is 4.79 Å². The fraction of sp³-hybridized carbons (Fsp3) is 0.400. The molecule has 0 atom stereocenters. The molecular formula is C5H6N4OS. The number of thioether (sulfide) groups is 1. The fourth-order valence-corrected chi connectivity index (χ4v) is 1.58. The average molecular weight is 170 g/mol. The van der Waals surface area contributed by atoms with E-state index in [1.807, 2.05) is 0 Å². The van der Waals surface area contributed by atoms with Crippen molar-refractivity contribution in [3.05, 3.63) is 5.82 Å². The molecule has 1 N–H and O–H groups in total. The van der Waals surface area contributed by atoms with E-state index in [0.717, 1.165) is 5.16 Å². The second kappa shape index (κ2) is 2.23. The van der Waals surface area contributed by atoms with Crippen molar-refractivity contribution in [1.82, 2.24) is 14.9 Å². The Morgan fingerprint density at radius 1 is 1.64 bits per heavy atom. The van der Waals surface area contributed by atoms with E-state index >= 15 is 0 Å². The number of amides is 1. The fourth-order valence-electron chi connectivity index (χ4n) is 0.852. The first-order valence-electron chi connectivity index (χ1n) is 3.12. The molecule has 0 saturated carbocycles. The number of aryl methyl sites for hydroxylation is 1. The molecule has 0 saturated heterocycles. The molecule has 0 unspecified atom stereocenters. The van der Waals surface area contributed by atoms with Crippen molar-refractivity contribution in [3.8, 4) is 0 Å². The highest BCUT2D eigenvalue weighted by Crippen LogP contribution is 2.18. The Hall–Kier alpha value is -1.04. The maximum atomic E-state index is 10.9. The minimum Gasteiger partial charge on any atom is -0.272 e. The minimum absolute atomic E-state index is 0.00889. The maximum Gasteiger partial charge on any atom is 0.249 e. The highest BCUT2D eigenvalue weighted by atomic mass is 32.2. The van der Waals surface area contributed by atoms with E-state index in [-0.39, 0.29) is 5.91 Å². The van der Waals surface area contributed by atoms with Gasteiger partial charge in [-0.25, -0.2) is 4.68 Å². The molecular weight excluding hydrogens is 164 g/mol. The Morgan fingerprint density at radius 2 is 2.45 bits per heavy atom. The van der Waals surface area contributed by atoms with Crippen LogP contribution in [0.15, 0.2) is 5.16 Å². The normalized spacial score (nSPS) is 15.9. The first-order chi connectivity index (χ1) is 5.27. The van der Waals surface area contributed by atoms with Crippen molar-refractivity contribution in [2.24, 2.45) is 0 Å². The molecule has 1 aliphatic rings. The van der Waals surface area contributed by atoms with E-state index in [2.05, 4.69) is 15.6 Å². The van der Waals surface area contributed by atoms with Gasteiger partial charge in [0, 0.05) is 0 Å². The number of hydrogen-bond acceptors (Lipinski definition) is 4. The van der Waals surface area contributed by atoms with Gasteiger partial charge in [0.1, 0.15) is 5.82 Å². The van der Waals surface area contributed by atoms with E-state index < -0.39 is 0 Å². The lowest BCUT2D eigenvalue weighted by Gasteiger charge is -2.13. The van der Waals surface area contributed by atoms with Gasteiger partial charge in [-0.2, -0.15) is 0 Å². The number of carbonyl (C=O) groups is 1. The topological polar surface area (TPSA) is 59.8 Å². The largest absolute Gasteiger partial charge is 0.272 e. The highest BCUT2D eigenvalue weighted by molar-refractivity contribution is 7.99. The molecule has 1 aromatic heterocycles. The van der Waals surface area contributed by atoms with Gasteiger partial charge < -0.3 is 0 Å². The SMILES string of the molecule is Cc1nnc2n1NC(=O)CS2. The van der Waals surface area contributed by atoms with Gasteiger partial charge in [0.25, 0.3) is 0 Å². The zero-order valence-electron chi connectivity index (χ0n) is 5.87. The Morgan fingerprint density at radius 3 is 3.27 bits per heavy atom. The number of nitrogens with zero attached hydrogens (tertiary/aromatic N) is 3. The van der Waals surface area contributed by atoms with E-state index in [4.69, 9.17) is 0 Å². The van der Waals surface area contributed by atoms with Crippen LogP contribution in [0.3, 0.4) is 0 Å². The van der Waals surface area contributed by atoms with E-state index in [1.165, 1.54) is 11.8 Å². The summed E-state index contributed by atoms with van der Waals surface area (Å²) < 4.78 is 1.59. The number of fused-ring (bicyclic) bond motifs is 1. The summed E-state index contributed by atoms with van der Waals surface area (Å²) >= 11 is 1.39. The van der Waals surface area contributed by atoms with Gasteiger partial charge in [-0.1, -0.05) is 11.8 Å². The van der Waals surface area contributed by atoms with Crippen LogP contribution >= 0.6 is 11.8 Å². The zero-order chi connectivity index (χ0) is 7.84. The van der Waals surface area contributed by atoms with E-state index in [9.17, 15) is 4.79 Å². The summed E-state index contributed by atoms with van der Waals surface area (Å²) in [5.74, 6) is 1.13. The maximum absolute atomic E-state index is 10.9. The summed E-state index contributed by atoms with van der Waals surface area (Å²) in [6, 6.07) is 0. The van der Waals surface area contributed by atoms with Crippen molar-refractivity contribution in [2.75, 3.05) is 11.2 Å². The third-order valence-electron chi connectivity index (χ3n) is 1.36. The molecule has 5 nitrogen and oxygen atoms in total. The predicted molar refractivity (Wildman–Crippen MR) is 39.9 cm³/mol. The predicted octanol–water partition coefficient (Wildman–Crippen LogP) is -0.238. The Balaban J connectivity index is 2.45. The van der Waals surface area contributed by atoms with Crippen LogP contribution in [0.4, 0.5) is 0 Å². The second-order valence-corrected chi connectivity index (χ2v) is 3.13. The van der Waals surface area contributed by atoms with Gasteiger partial charge in [0.2, 0.25) is 11.1 Å². The van der Waals surface area contributed by atoms with Gasteiger partial charge in [0.05, 0.1) is 5.75 Å². The molecule has 1 amide bonds. The summed E-state index contributed by atoms with van der Waals surface area (Å²) in [4.78, 5) is 10.9. The molecule has 0 bridgehead atoms. The molecule has 0 radical (unpaired) electrons. The number of rotatable bonds is 0. The van der Waals surface area contributed by atoms with Crippen LogP contribution in [0.5, 0.6) is 0 Å². The van der Waals surface area contributed by atoms with Crippen molar-refractivity contribution in [2.45, 2.75) is 12.1 Å². The van der Waals surface area contributed by atoms with Gasteiger partial charge in [-0.3, -0.25) is 10.2 Å². The van der Waals surface area contributed by atoms with E-state index in [1.54, 1.807) is 11.6 Å². The minimum atomic E-state index is -0.00889. The molecule has 2 heterocycles. The summed E-state index contributed by atoms with van der Waals surface area (Å²) in [5, 5.41) is 8.41. The Kier molecular flexibility index (Phi) is 1.35. The van der Waals surface area contributed by atoms with Crippen molar-refractivity contribution in [3.63, 3.8) is 0 Å². The van der Waals surface area contributed by atoms with Gasteiger partial charge in [-0.15, -0.1) is 10.2 Å². The summed E-state index contributed by atoms with van der Waals surface area (Å²) in [6.07, 6.45) is 0. The zero-order valence-corrected chi connectivity index (χ0v) is 6.68. The highest BCUT2D eigenvalue weighted by Gasteiger charge is 2.18. The van der Waals surface area contributed by atoms with Crippen LogP contribution in [0.1, 0.15) is 5.82 Å². The summed E-state index contributed by atoms with van der Waals surface area (Å²) in [6.45, 7) is 1.79. The van der Waals surface area contributed by atoms with Gasteiger partial charge in [0.15, 0.2) is 0 Å². The lowest BCUT2D eigenvalue weighted by molar-refractivity contribution is -0.115. The molecule has 2 rings (SSSR count). The molecule has 0 fully saturated rings. The third-order valence-corrected chi connectivity index (χ3v) is 2.29. The van der Waals surface area contributed by atoms with Crippen LogP contribution in [-0.4, -0.2) is 26.5 Å². The number of aromatic nitrogens is 3. The second-order valence-electron chi connectivity index (χ2n) is 2.19. The lowest BCUT2D eigenvalue weighted by Crippen LogP contribution is -2.29. The molecule has 0 spiro atoms. The average Bonchev–Trinajstić information content (AvgIpc) is 2.33. The van der Waals surface area contributed by atoms with Crippen LogP contribution < -0.4 is 5.43 Å². The first kappa shape index (κ1) is 6.66. The quantitative estimate of drug-likeness (QED) is 0.584. The van der Waals surface area contributed by atoms with Gasteiger partial charge >= 0.3 is 0 Å². The smallest absolute Gasteiger partial charge is 0.249 e. The number of hydrogen-bond donors (Lipinski definition) is 1. The monoisotopic (exact) mass is 170 g/mol. The molecule has 1 aliphatic heterocycles. The van der Waals surface area contributed by atoms with Crippen LogP contribution in [0.25, 0.3) is 0 Å². The standard InChI is InChI=1S/C5H6N4OS/c1-3-6-7-5-9(3)8-4(10)2-11-5/h2H2,1H3,(H,8,10). The van der Waals surface area contributed by atoms with E-state index in [0.29, 0.717) is 11.6 Å². The molecule has 11 heavy (non-hydrogen) atoms. The molecule has 1 aromatic rings. The van der Waals surface area contributed by atoms with Crippen molar-refractivity contribution >= 4 is 17.7 Å². The number of nitrogens with one attached hydrogen (secondary N) is 1. The molecule has 6 heteroatoms. The molecule has 0 aliphatic carbocycles.